The van der Waals surface area contributed by atoms with Gasteiger partial charge in [0.2, 0.25) is 0 Å². The Labute approximate surface area is 95.1 Å². The van der Waals surface area contributed by atoms with E-state index in [2.05, 4.69) is 9.78 Å². The van der Waals surface area contributed by atoms with Gasteiger partial charge in [-0.1, -0.05) is 0 Å². The van der Waals surface area contributed by atoms with Crippen LogP contribution < -0.4 is 0 Å². The standard InChI is InChI=1S/2C2H4O3.Co.4H2O/c2*1-2(3)5-4;;;;;/h2*4H,1H3;;4*1H2. The van der Waals surface area contributed by atoms with Crippen LogP contribution in [0, 0.1) is 0 Å². The van der Waals surface area contributed by atoms with Gasteiger partial charge in [0.15, 0.2) is 0 Å². The van der Waals surface area contributed by atoms with Crippen LogP contribution in [0.3, 0.4) is 0 Å². The molecule has 0 aliphatic rings. The van der Waals surface area contributed by atoms with E-state index in [-0.39, 0.29) is 38.7 Å². The molecule has 0 saturated heterocycles. The molecule has 0 aliphatic heterocycles. The Morgan fingerprint density at radius 3 is 0.867 bits per heavy atom. The monoisotopic (exact) mass is 283 g/mol. The molecule has 0 aromatic heterocycles. The molecule has 0 aromatic rings. The Bertz CT molecular complexity index is 102. The summed E-state index contributed by atoms with van der Waals surface area (Å²) < 4.78 is 0. The average molecular weight is 283 g/mol. The van der Waals surface area contributed by atoms with Crippen molar-refractivity contribution in [3.63, 3.8) is 0 Å². The molecule has 1 radical (unpaired) electrons. The minimum atomic E-state index is -0.690. The molecule has 0 fully saturated rings. The quantitative estimate of drug-likeness (QED) is 0.342. The van der Waals surface area contributed by atoms with E-state index in [0.717, 1.165) is 13.8 Å². The van der Waals surface area contributed by atoms with Gasteiger partial charge in [-0.2, -0.15) is 10.5 Å². The molecule has 101 valence electrons. The first-order valence-corrected chi connectivity index (χ1v) is 2.18. The molecule has 15 heavy (non-hydrogen) atoms. The molecular weight excluding hydrogens is 267 g/mol. The molecule has 0 aromatic carbocycles. The SMILES string of the molecule is CC(=O)OO.CC(=O)OO.O.O.O.O.[Co]. The van der Waals surface area contributed by atoms with Crippen molar-refractivity contribution in [1.82, 2.24) is 0 Å². The zero-order chi connectivity index (χ0) is 8.57. The first-order chi connectivity index (χ1) is 4.54. The molecule has 0 heterocycles. The summed E-state index contributed by atoms with van der Waals surface area (Å²) in [6, 6.07) is 0. The summed E-state index contributed by atoms with van der Waals surface area (Å²) in [7, 11) is 0. The Kier molecular flexibility index (Phi) is 121. The number of hydrogen-bond donors (Lipinski definition) is 2. The molecule has 0 bridgehead atoms. The minimum Gasteiger partial charge on any atom is -0.412 e. The second-order valence-corrected chi connectivity index (χ2v) is 1.17. The first kappa shape index (κ1) is 47.7. The number of carbonyl (C=O) groups excluding carboxylic acids is 2. The van der Waals surface area contributed by atoms with E-state index in [1.54, 1.807) is 0 Å². The van der Waals surface area contributed by atoms with Gasteiger partial charge in [-0.3, -0.25) is 0 Å². The van der Waals surface area contributed by atoms with Crippen LogP contribution in [0.5, 0.6) is 0 Å². The van der Waals surface area contributed by atoms with Gasteiger partial charge in [-0.15, -0.1) is 0 Å². The Hall–Kier alpha value is -0.794. The van der Waals surface area contributed by atoms with Crippen LogP contribution in [0.2, 0.25) is 0 Å². The molecule has 10 nitrogen and oxygen atoms in total. The summed E-state index contributed by atoms with van der Waals surface area (Å²) in [6.45, 7) is 2.22. The van der Waals surface area contributed by atoms with Crippen LogP contribution in [-0.4, -0.2) is 44.4 Å². The van der Waals surface area contributed by atoms with Crippen molar-refractivity contribution in [3.8, 4) is 0 Å². The maximum Gasteiger partial charge on any atom is 0.339 e. The van der Waals surface area contributed by atoms with Crippen LogP contribution in [0.15, 0.2) is 0 Å². The topological polar surface area (TPSA) is 219 Å². The Balaban J connectivity index is -0.0000000128. The third-order valence-electron chi connectivity index (χ3n) is 0.257. The molecule has 11 heteroatoms. The molecule has 0 spiro atoms. The number of hydrogen-bond acceptors (Lipinski definition) is 6. The van der Waals surface area contributed by atoms with Gasteiger partial charge in [0, 0.05) is 30.6 Å². The van der Waals surface area contributed by atoms with Gasteiger partial charge in [0.05, 0.1) is 0 Å². The van der Waals surface area contributed by atoms with E-state index in [4.69, 9.17) is 10.5 Å². The molecular formula is C4H16CoO10. The summed E-state index contributed by atoms with van der Waals surface area (Å²) in [6.07, 6.45) is 0. The summed E-state index contributed by atoms with van der Waals surface area (Å²) >= 11 is 0. The average Bonchev–Trinajstić information content (AvgIpc) is 1.89. The number of carbonyl (C=O) groups is 2. The number of rotatable bonds is 0. The van der Waals surface area contributed by atoms with Crippen LogP contribution in [-0.2, 0) is 36.1 Å². The zero-order valence-corrected chi connectivity index (χ0v) is 8.90. The van der Waals surface area contributed by atoms with E-state index < -0.39 is 11.9 Å². The molecule has 0 aliphatic carbocycles. The van der Waals surface area contributed by atoms with Crippen LogP contribution in [0.4, 0.5) is 0 Å². The fraction of sp³-hybridized carbons (Fsp3) is 0.500. The third-order valence-corrected chi connectivity index (χ3v) is 0.257. The second kappa shape index (κ2) is 37.9. The fourth-order valence-electron chi connectivity index (χ4n) is 0. The normalized spacial score (nSPS) is 4.53. The third kappa shape index (κ3) is 161. The van der Waals surface area contributed by atoms with Gasteiger partial charge in [0.1, 0.15) is 0 Å². The van der Waals surface area contributed by atoms with Gasteiger partial charge in [-0.25, -0.2) is 9.59 Å². The zero-order valence-electron chi connectivity index (χ0n) is 7.86. The summed E-state index contributed by atoms with van der Waals surface area (Å²) in [5.74, 6) is -1.38. The van der Waals surface area contributed by atoms with E-state index >= 15 is 0 Å². The predicted octanol–water partition coefficient (Wildman–Crippen LogP) is -3.26. The largest absolute Gasteiger partial charge is 0.412 e. The van der Waals surface area contributed by atoms with Crippen molar-refractivity contribution in [3.05, 3.63) is 0 Å². The molecule has 0 saturated carbocycles. The van der Waals surface area contributed by atoms with E-state index in [1.807, 2.05) is 0 Å². The van der Waals surface area contributed by atoms with E-state index in [9.17, 15) is 9.59 Å². The van der Waals surface area contributed by atoms with Crippen molar-refractivity contribution >= 4 is 11.9 Å². The van der Waals surface area contributed by atoms with Crippen LogP contribution in [0.1, 0.15) is 13.8 Å². The smallest absolute Gasteiger partial charge is 0.339 e. The molecule has 0 amide bonds. The molecule has 0 unspecified atom stereocenters. The fourth-order valence-corrected chi connectivity index (χ4v) is 0. The Morgan fingerprint density at radius 1 is 0.800 bits per heavy atom. The minimum absolute atomic E-state index is 0. The molecule has 10 N–H and O–H groups in total. The van der Waals surface area contributed by atoms with E-state index in [1.165, 1.54) is 0 Å². The maximum atomic E-state index is 9.34. The van der Waals surface area contributed by atoms with Crippen molar-refractivity contribution in [2.45, 2.75) is 13.8 Å². The summed E-state index contributed by atoms with van der Waals surface area (Å²) in [4.78, 5) is 24.9. The van der Waals surface area contributed by atoms with E-state index in [0.29, 0.717) is 0 Å². The molecule has 0 rings (SSSR count). The Morgan fingerprint density at radius 2 is 0.867 bits per heavy atom. The second-order valence-electron chi connectivity index (χ2n) is 1.17. The first-order valence-electron chi connectivity index (χ1n) is 2.18. The predicted molar refractivity (Wildman–Crippen MR) is 43.2 cm³/mol. The van der Waals surface area contributed by atoms with Gasteiger partial charge < -0.3 is 31.7 Å². The summed E-state index contributed by atoms with van der Waals surface area (Å²) in [5.41, 5.74) is 0. The van der Waals surface area contributed by atoms with Gasteiger partial charge in [-0.05, 0) is 0 Å². The van der Waals surface area contributed by atoms with Crippen molar-refractivity contribution in [1.29, 1.82) is 0 Å². The van der Waals surface area contributed by atoms with Gasteiger partial charge in [0.25, 0.3) is 0 Å². The van der Waals surface area contributed by atoms with Gasteiger partial charge >= 0.3 is 11.9 Å². The summed E-state index contributed by atoms with van der Waals surface area (Å²) in [5, 5.41) is 14.6. The van der Waals surface area contributed by atoms with Crippen LogP contribution in [0.25, 0.3) is 0 Å². The van der Waals surface area contributed by atoms with Crippen LogP contribution >= 0.6 is 0 Å². The van der Waals surface area contributed by atoms with Crippen molar-refractivity contribution < 1.29 is 68.6 Å². The van der Waals surface area contributed by atoms with Crippen molar-refractivity contribution in [2.75, 3.05) is 0 Å². The maximum absolute atomic E-state index is 9.34. The van der Waals surface area contributed by atoms with Crippen molar-refractivity contribution in [2.24, 2.45) is 0 Å². The molecule has 0 atom stereocenters.